The second-order valence-corrected chi connectivity index (χ2v) is 6.14. The molecule has 6 nitrogen and oxygen atoms in total. The molecule has 2 heterocycles. The molecule has 0 atom stereocenters. The standard InChI is InChI=1S/C20H13F3N4O2/c21-20(22,23)13-5-4-8-15(11-13)27-18(29)12-17(28)19(25-27)16-9-10-24-26(16)14-6-2-1-3-7-14/h1-12,28H. The second kappa shape index (κ2) is 6.93. The predicted molar refractivity (Wildman–Crippen MR) is 99.1 cm³/mol. The fourth-order valence-corrected chi connectivity index (χ4v) is 2.89. The van der Waals surface area contributed by atoms with Crippen LogP contribution >= 0.6 is 0 Å². The smallest absolute Gasteiger partial charge is 0.416 e. The van der Waals surface area contributed by atoms with Crippen LogP contribution in [0, 0.1) is 0 Å². The molecule has 146 valence electrons. The lowest BCUT2D eigenvalue weighted by atomic mass is 10.2. The first-order chi connectivity index (χ1) is 13.8. The highest BCUT2D eigenvalue weighted by molar-refractivity contribution is 5.64. The zero-order valence-electron chi connectivity index (χ0n) is 14.7. The van der Waals surface area contributed by atoms with Crippen molar-refractivity contribution in [2.45, 2.75) is 6.18 Å². The van der Waals surface area contributed by atoms with Gasteiger partial charge in [0.05, 0.1) is 28.8 Å². The number of para-hydroxylation sites is 1. The topological polar surface area (TPSA) is 72.9 Å². The molecule has 0 spiro atoms. The van der Waals surface area contributed by atoms with Crippen molar-refractivity contribution >= 4 is 0 Å². The second-order valence-electron chi connectivity index (χ2n) is 6.14. The van der Waals surface area contributed by atoms with Crippen molar-refractivity contribution in [2.75, 3.05) is 0 Å². The van der Waals surface area contributed by atoms with E-state index >= 15 is 0 Å². The quantitative estimate of drug-likeness (QED) is 0.570. The monoisotopic (exact) mass is 398 g/mol. The molecule has 29 heavy (non-hydrogen) atoms. The van der Waals surface area contributed by atoms with Gasteiger partial charge in [-0.05, 0) is 36.4 Å². The molecule has 0 radical (unpaired) electrons. The fourth-order valence-electron chi connectivity index (χ4n) is 2.89. The van der Waals surface area contributed by atoms with E-state index in [9.17, 15) is 23.1 Å². The summed E-state index contributed by atoms with van der Waals surface area (Å²) in [6.07, 6.45) is -3.07. The molecule has 0 fully saturated rings. The van der Waals surface area contributed by atoms with E-state index in [2.05, 4.69) is 10.2 Å². The van der Waals surface area contributed by atoms with Gasteiger partial charge in [-0.25, -0.2) is 4.68 Å². The summed E-state index contributed by atoms with van der Waals surface area (Å²) in [5.74, 6) is -0.407. The maximum absolute atomic E-state index is 13.0. The third-order valence-corrected chi connectivity index (χ3v) is 4.22. The summed E-state index contributed by atoms with van der Waals surface area (Å²) >= 11 is 0. The highest BCUT2D eigenvalue weighted by Gasteiger charge is 2.30. The molecule has 1 N–H and O–H groups in total. The van der Waals surface area contributed by atoms with Gasteiger partial charge in [-0.3, -0.25) is 4.79 Å². The van der Waals surface area contributed by atoms with Gasteiger partial charge >= 0.3 is 6.18 Å². The number of benzene rings is 2. The van der Waals surface area contributed by atoms with E-state index in [1.807, 2.05) is 6.07 Å². The summed E-state index contributed by atoms with van der Waals surface area (Å²) in [5.41, 5.74) is -0.691. The molecule has 2 aromatic carbocycles. The molecule has 4 aromatic rings. The van der Waals surface area contributed by atoms with Gasteiger partial charge in [0.15, 0.2) is 11.4 Å². The highest BCUT2D eigenvalue weighted by atomic mass is 19.4. The molecule has 0 bridgehead atoms. The summed E-state index contributed by atoms with van der Waals surface area (Å²) in [5, 5.41) is 18.6. The number of aromatic nitrogens is 4. The van der Waals surface area contributed by atoms with E-state index in [1.54, 1.807) is 30.3 Å². The third kappa shape index (κ3) is 3.49. The molecule has 0 aliphatic rings. The summed E-state index contributed by atoms with van der Waals surface area (Å²) in [7, 11) is 0. The first-order valence-electron chi connectivity index (χ1n) is 8.45. The molecule has 0 unspecified atom stereocenters. The number of aromatic hydroxyl groups is 1. The number of hydrogen-bond donors (Lipinski definition) is 1. The van der Waals surface area contributed by atoms with E-state index in [0.29, 0.717) is 11.4 Å². The molecule has 0 saturated heterocycles. The van der Waals surface area contributed by atoms with Crippen LogP contribution in [0.25, 0.3) is 22.8 Å². The van der Waals surface area contributed by atoms with Crippen molar-refractivity contribution in [3.63, 3.8) is 0 Å². The van der Waals surface area contributed by atoms with Crippen molar-refractivity contribution in [1.82, 2.24) is 19.6 Å². The molecular formula is C20H13F3N4O2. The Kier molecular flexibility index (Phi) is 4.42. The van der Waals surface area contributed by atoms with Crippen LogP contribution in [0.3, 0.4) is 0 Å². The average Bonchev–Trinajstić information content (AvgIpc) is 3.18. The normalized spacial score (nSPS) is 11.6. The van der Waals surface area contributed by atoms with E-state index in [0.717, 1.165) is 22.9 Å². The van der Waals surface area contributed by atoms with Gasteiger partial charge < -0.3 is 5.11 Å². The summed E-state index contributed by atoms with van der Waals surface area (Å²) < 4.78 is 41.4. The Balaban J connectivity index is 1.88. The molecule has 2 aromatic heterocycles. The number of hydrogen-bond acceptors (Lipinski definition) is 4. The van der Waals surface area contributed by atoms with Gasteiger partial charge in [-0.2, -0.15) is 28.1 Å². The van der Waals surface area contributed by atoms with E-state index in [-0.39, 0.29) is 11.4 Å². The van der Waals surface area contributed by atoms with Crippen LogP contribution in [0.4, 0.5) is 13.2 Å². The minimum Gasteiger partial charge on any atom is -0.505 e. The summed E-state index contributed by atoms with van der Waals surface area (Å²) in [4.78, 5) is 12.3. The number of nitrogens with zero attached hydrogens (tertiary/aromatic N) is 4. The minimum absolute atomic E-state index is 0.00312. The minimum atomic E-state index is -4.56. The first-order valence-corrected chi connectivity index (χ1v) is 8.45. The Hall–Kier alpha value is -3.88. The number of rotatable bonds is 3. The molecule has 9 heteroatoms. The predicted octanol–water partition coefficient (Wildman–Crippen LogP) is 3.81. The Labute approximate surface area is 162 Å². The van der Waals surface area contributed by atoms with Gasteiger partial charge in [0.2, 0.25) is 0 Å². The van der Waals surface area contributed by atoms with E-state index in [1.165, 1.54) is 23.0 Å². The van der Waals surface area contributed by atoms with Gasteiger partial charge in [-0.15, -0.1) is 0 Å². The van der Waals surface area contributed by atoms with Gasteiger partial charge in [0.25, 0.3) is 5.56 Å². The van der Waals surface area contributed by atoms with Crippen LogP contribution in [0.5, 0.6) is 5.75 Å². The SMILES string of the molecule is O=c1cc(O)c(-c2ccnn2-c2ccccc2)nn1-c1cccc(C(F)(F)F)c1. The molecule has 0 aliphatic heterocycles. The largest absolute Gasteiger partial charge is 0.505 e. The van der Waals surface area contributed by atoms with Crippen LogP contribution < -0.4 is 5.56 Å². The van der Waals surface area contributed by atoms with Crippen molar-refractivity contribution in [2.24, 2.45) is 0 Å². The molecular weight excluding hydrogens is 385 g/mol. The Morgan fingerprint density at radius 1 is 0.862 bits per heavy atom. The zero-order chi connectivity index (χ0) is 20.6. The lowest BCUT2D eigenvalue weighted by molar-refractivity contribution is -0.137. The van der Waals surface area contributed by atoms with Crippen molar-refractivity contribution in [1.29, 1.82) is 0 Å². The Morgan fingerprint density at radius 3 is 2.31 bits per heavy atom. The van der Waals surface area contributed by atoms with Crippen molar-refractivity contribution in [3.8, 4) is 28.5 Å². The molecule has 0 aliphatic carbocycles. The fraction of sp³-hybridized carbons (Fsp3) is 0.0500. The van der Waals surface area contributed by atoms with Crippen LogP contribution in [-0.4, -0.2) is 24.7 Å². The lowest BCUT2D eigenvalue weighted by Gasteiger charge is -2.12. The van der Waals surface area contributed by atoms with Crippen LogP contribution in [0.15, 0.2) is 77.7 Å². The molecule has 4 rings (SSSR count). The Bertz CT molecular complexity index is 1230. The van der Waals surface area contributed by atoms with Crippen molar-refractivity contribution in [3.05, 3.63) is 88.8 Å². The van der Waals surface area contributed by atoms with Crippen LogP contribution in [0.1, 0.15) is 5.56 Å². The van der Waals surface area contributed by atoms with Gasteiger partial charge in [0, 0.05) is 6.07 Å². The van der Waals surface area contributed by atoms with E-state index < -0.39 is 23.0 Å². The lowest BCUT2D eigenvalue weighted by Crippen LogP contribution is -2.21. The maximum atomic E-state index is 13.0. The zero-order valence-corrected chi connectivity index (χ0v) is 14.7. The Morgan fingerprint density at radius 2 is 1.59 bits per heavy atom. The van der Waals surface area contributed by atoms with Crippen LogP contribution in [-0.2, 0) is 6.18 Å². The summed E-state index contributed by atoms with van der Waals surface area (Å²) in [6.45, 7) is 0. The van der Waals surface area contributed by atoms with Crippen LogP contribution in [0.2, 0.25) is 0 Å². The molecule has 0 amide bonds. The number of alkyl halides is 3. The first kappa shape index (κ1) is 18.5. The van der Waals surface area contributed by atoms with E-state index in [4.69, 9.17) is 0 Å². The maximum Gasteiger partial charge on any atom is 0.416 e. The average molecular weight is 398 g/mol. The molecule has 0 saturated carbocycles. The van der Waals surface area contributed by atoms with Gasteiger partial charge in [-0.1, -0.05) is 24.3 Å². The van der Waals surface area contributed by atoms with Gasteiger partial charge in [0.1, 0.15) is 0 Å². The van der Waals surface area contributed by atoms with Crippen molar-refractivity contribution < 1.29 is 18.3 Å². The summed E-state index contributed by atoms with van der Waals surface area (Å²) in [6, 6.07) is 15.7. The highest BCUT2D eigenvalue weighted by Crippen LogP contribution is 2.31. The number of halogens is 3. The third-order valence-electron chi connectivity index (χ3n) is 4.22.